The summed E-state index contributed by atoms with van der Waals surface area (Å²) in [4.78, 5) is 10.2. The van der Waals surface area contributed by atoms with Crippen LogP contribution in [0.25, 0.3) is 0 Å². The summed E-state index contributed by atoms with van der Waals surface area (Å²) in [7, 11) is 0. The Labute approximate surface area is 72.5 Å². The molecule has 0 aliphatic rings. The van der Waals surface area contributed by atoms with Crippen molar-refractivity contribution in [2.24, 2.45) is 0 Å². The number of carboxylic acids is 1. The van der Waals surface area contributed by atoms with Crippen molar-refractivity contribution in [3.63, 3.8) is 0 Å². The Balaban J connectivity index is 4.85. The lowest BCUT2D eigenvalue weighted by atomic mass is 9.99. The summed E-state index contributed by atoms with van der Waals surface area (Å²) in [5.74, 6) is -2.29. The second-order valence-corrected chi connectivity index (χ2v) is 2.44. The van der Waals surface area contributed by atoms with E-state index in [1.807, 2.05) is 0 Å². The smallest absolute Gasteiger partial charge is 0.428 e. The zero-order valence-electron chi connectivity index (χ0n) is 6.80. The van der Waals surface area contributed by atoms with Gasteiger partial charge in [0.15, 0.2) is 0 Å². The lowest BCUT2D eigenvalue weighted by molar-refractivity contribution is -0.258. The summed E-state index contributed by atoms with van der Waals surface area (Å²) in [6.07, 6.45) is -3.97. The van der Waals surface area contributed by atoms with Crippen LogP contribution in [0.1, 0.15) is 13.3 Å². The molecule has 0 aromatic carbocycles. The van der Waals surface area contributed by atoms with Crippen molar-refractivity contribution in [3.8, 4) is 0 Å². The van der Waals surface area contributed by atoms with Gasteiger partial charge in [0.2, 0.25) is 0 Å². The molecule has 1 atom stereocenters. The Kier molecular flexibility index (Phi) is 3.48. The molecule has 0 saturated carbocycles. The Bertz CT molecular complexity index is 222. The second kappa shape index (κ2) is 3.78. The maximum absolute atomic E-state index is 12.0. The summed E-state index contributed by atoms with van der Waals surface area (Å²) in [6.45, 7) is 1.43. The van der Waals surface area contributed by atoms with Gasteiger partial charge in [-0.05, 0) is 6.92 Å². The van der Waals surface area contributed by atoms with Gasteiger partial charge in [-0.2, -0.15) is 13.2 Å². The fourth-order valence-corrected chi connectivity index (χ4v) is 0.613. The van der Waals surface area contributed by atoms with Gasteiger partial charge in [0.05, 0.1) is 0 Å². The quantitative estimate of drug-likeness (QED) is 0.672. The Hall–Kier alpha value is -1.04. The first kappa shape index (κ1) is 12.0. The van der Waals surface area contributed by atoms with Gasteiger partial charge in [-0.15, -0.1) is 0 Å². The standard InChI is InChI=1S/C7H9F3O3/c1-2-3-4-6(13,5(11)12)7(8,9)10/h2-3,13H,4H2,1H3,(H,11,12). The summed E-state index contributed by atoms with van der Waals surface area (Å²) in [6, 6.07) is 0. The molecule has 0 amide bonds. The normalized spacial score (nSPS) is 17.3. The van der Waals surface area contributed by atoms with Crippen LogP contribution < -0.4 is 0 Å². The highest BCUT2D eigenvalue weighted by Gasteiger charge is 2.59. The van der Waals surface area contributed by atoms with Crippen molar-refractivity contribution < 1.29 is 28.2 Å². The molecule has 0 bridgehead atoms. The van der Waals surface area contributed by atoms with Gasteiger partial charge in [0.25, 0.3) is 5.60 Å². The van der Waals surface area contributed by atoms with E-state index in [2.05, 4.69) is 0 Å². The van der Waals surface area contributed by atoms with Crippen molar-refractivity contribution in [1.29, 1.82) is 0 Å². The molecule has 0 aromatic heterocycles. The van der Waals surface area contributed by atoms with E-state index in [4.69, 9.17) is 10.2 Å². The van der Waals surface area contributed by atoms with Crippen LogP contribution in [-0.2, 0) is 4.79 Å². The molecule has 0 fully saturated rings. The lowest BCUT2D eigenvalue weighted by Gasteiger charge is -2.24. The molecule has 6 heteroatoms. The molecule has 0 saturated heterocycles. The fourth-order valence-electron chi connectivity index (χ4n) is 0.613. The van der Waals surface area contributed by atoms with Crippen molar-refractivity contribution in [1.82, 2.24) is 0 Å². The van der Waals surface area contributed by atoms with Gasteiger partial charge < -0.3 is 10.2 Å². The summed E-state index contributed by atoms with van der Waals surface area (Å²) in [5.41, 5.74) is -3.68. The lowest BCUT2D eigenvalue weighted by Crippen LogP contribution is -2.51. The number of rotatable bonds is 3. The van der Waals surface area contributed by atoms with Crippen LogP contribution in [0, 0.1) is 0 Å². The number of carboxylic acid groups (broad SMARTS) is 1. The molecule has 0 spiro atoms. The average molecular weight is 198 g/mol. The molecular formula is C7H9F3O3. The van der Waals surface area contributed by atoms with E-state index in [0.29, 0.717) is 0 Å². The van der Waals surface area contributed by atoms with Crippen molar-refractivity contribution in [3.05, 3.63) is 12.2 Å². The number of aliphatic hydroxyl groups is 1. The van der Waals surface area contributed by atoms with Gasteiger partial charge in [-0.1, -0.05) is 12.2 Å². The number of hydrogen-bond acceptors (Lipinski definition) is 2. The largest absolute Gasteiger partial charge is 0.479 e. The number of carbonyl (C=O) groups is 1. The summed E-state index contributed by atoms with van der Waals surface area (Å²) >= 11 is 0. The van der Waals surface area contributed by atoms with E-state index >= 15 is 0 Å². The van der Waals surface area contributed by atoms with Gasteiger partial charge in [0.1, 0.15) is 0 Å². The summed E-state index contributed by atoms with van der Waals surface area (Å²) in [5, 5.41) is 17.0. The molecule has 0 rings (SSSR count). The Morgan fingerprint density at radius 2 is 1.92 bits per heavy atom. The highest BCUT2D eigenvalue weighted by atomic mass is 19.4. The monoisotopic (exact) mass is 198 g/mol. The molecule has 1 unspecified atom stereocenters. The van der Waals surface area contributed by atoms with Gasteiger partial charge >= 0.3 is 12.1 Å². The van der Waals surface area contributed by atoms with Crippen molar-refractivity contribution in [2.45, 2.75) is 25.1 Å². The van der Waals surface area contributed by atoms with Crippen LogP contribution in [-0.4, -0.2) is 28.0 Å². The zero-order chi connectivity index (χ0) is 10.7. The molecule has 2 N–H and O–H groups in total. The Morgan fingerprint density at radius 1 is 1.46 bits per heavy atom. The van der Waals surface area contributed by atoms with Crippen LogP contribution in [0.3, 0.4) is 0 Å². The van der Waals surface area contributed by atoms with Crippen molar-refractivity contribution in [2.75, 3.05) is 0 Å². The number of hydrogen-bond donors (Lipinski definition) is 2. The predicted molar refractivity (Wildman–Crippen MR) is 38.1 cm³/mol. The topological polar surface area (TPSA) is 57.5 Å². The molecule has 0 aliphatic heterocycles. The second-order valence-electron chi connectivity index (χ2n) is 2.44. The molecule has 76 valence electrons. The van der Waals surface area contributed by atoms with Gasteiger partial charge in [0, 0.05) is 6.42 Å². The molecular weight excluding hydrogens is 189 g/mol. The third-order valence-electron chi connectivity index (χ3n) is 1.47. The van der Waals surface area contributed by atoms with E-state index in [-0.39, 0.29) is 0 Å². The van der Waals surface area contributed by atoms with E-state index in [1.54, 1.807) is 0 Å². The summed E-state index contributed by atoms with van der Waals surface area (Å²) < 4.78 is 36.0. The predicted octanol–water partition coefficient (Wildman–Crippen LogP) is 1.33. The molecule has 0 heterocycles. The molecule has 0 radical (unpaired) electrons. The minimum absolute atomic E-state index is 0.946. The minimum atomic E-state index is -5.17. The van der Waals surface area contributed by atoms with Crippen LogP contribution in [0.5, 0.6) is 0 Å². The Morgan fingerprint density at radius 3 is 2.15 bits per heavy atom. The SMILES string of the molecule is CC=CCC(O)(C(=O)O)C(F)(F)F. The third kappa shape index (κ3) is 2.45. The van der Waals surface area contributed by atoms with E-state index in [0.717, 1.165) is 6.08 Å². The van der Waals surface area contributed by atoms with Crippen LogP contribution in [0.15, 0.2) is 12.2 Å². The number of alkyl halides is 3. The highest BCUT2D eigenvalue weighted by Crippen LogP contribution is 2.33. The molecule has 13 heavy (non-hydrogen) atoms. The first-order valence-electron chi connectivity index (χ1n) is 3.39. The number of halogens is 3. The minimum Gasteiger partial charge on any atom is -0.479 e. The van der Waals surface area contributed by atoms with Gasteiger partial charge in [-0.3, -0.25) is 0 Å². The molecule has 3 nitrogen and oxygen atoms in total. The van der Waals surface area contributed by atoms with Crippen LogP contribution >= 0.6 is 0 Å². The van der Waals surface area contributed by atoms with E-state index in [9.17, 15) is 18.0 Å². The highest BCUT2D eigenvalue weighted by molar-refractivity contribution is 5.78. The van der Waals surface area contributed by atoms with Crippen LogP contribution in [0.4, 0.5) is 13.2 Å². The first-order valence-corrected chi connectivity index (χ1v) is 3.39. The first-order chi connectivity index (χ1) is 5.75. The van der Waals surface area contributed by atoms with Gasteiger partial charge in [-0.25, -0.2) is 4.79 Å². The molecule has 0 aromatic rings. The average Bonchev–Trinajstić information content (AvgIpc) is 1.97. The molecule has 0 aliphatic carbocycles. The number of allylic oxidation sites excluding steroid dienone is 1. The maximum Gasteiger partial charge on any atom is 0.428 e. The number of aliphatic carboxylic acids is 1. The fraction of sp³-hybridized carbons (Fsp3) is 0.571. The van der Waals surface area contributed by atoms with Crippen molar-refractivity contribution >= 4 is 5.97 Å². The zero-order valence-corrected chi connectivity index (χ0v) is 6.80. The van der Waals surface area contributed by atoms with E-state index in [1.165, 1.54) is 13.0 Å². The third-order valence-corrected chi connectivity index (χ3v) is 1.47. The van der Waals surface area contributed by atoms with Crippen LogP contribution in [0.2, 0.25) is 0 Å². The van der Waals surface area contributed by atoms with E-state index < -0.39 is 24.2 Å². The maximum atomic E-state index is 12.0.